The lowest BCUT2D eigenvalue weighted by molar-refractivity contribution is -0.135. The Morgan fingerprint density at radius 1 is 1.10 bits per heavy atom. The van der Waals surface area contributed by atoms with Crippen LogP contribution in [0, 0.1) is 35.4 Å². The average Bonchev–Trinajstić information content (AvgIpc) is 2.41. The number of carbonyl (C=O) groups is 1. The summed E-state index contributed by atoms with van der Waals surface area (Å²) < 4.78 is 13.4. The molecule has 4 fully saturated rings. The van der Waals surface area contributed by atoms with E-state index in [0.717, 1.165) is 11.8 Å². The first-order chi connectivity index (χ1) is 10.1. The molecule has 112 valence electrons. The second-order valence-electron chi connectivity index (χ2n) is 7.34. The Bertz CT molecular complexity index is 555. The van der Waals surface area contributed by atoms with Crippen molar-refractivity contribution in [1.82, 2.24) is 0 Å². The van der Waals surface area contributed by atoms with Gasteiger partial charge >= 0.3 is 0 Å². The quantitative estimate of drug-likeness (QED) is 0.793. The van der Waals surface area contributed by atoms with Gasteiger partial charge in [0.05, 0.1) is 0 Å². The van der Waals surface area contributed by atoms with Crippen LogP contribution in [0.15, 0.2) is 18.2 Å². The second kappa shape index (κ2) is 5.08. The Hall–Kier alpha value is -0.890. The summed E-state index contributed by atoms with van der Waals surface area (Å²) >= 11 is 6.11. The zero-order chi connectivity index (χ0) is 14.6. The van der Waals surface area contributed by atoms with Crippen LogP contribution in [-0.2, 0) is 11.2 Å². The van der Waals surface area contributed by atoms with Crippen molar-refractivity contribution >= 4 is 17.4 Å². The summed E-state index contributed by atoms with van der Waals surface area (Å²) in [4.78, 5) is 12.8. The van der Waals surface area contributed by atoms with E-state index in [1.165, 1.54) is 44.2 Å². The minimum absolute atomic E-state index is 0.206. The molecule has 4 aliphatic rings. The number of Topliss-reactive ketones (excluding diaryl/α,β-unsaturated/α-hetero) is 1. The standard InChI is InChI=1S/C18H20ClFO/c19-16-2-1-15(20)8-12(16)9-17(21)18-13-4-10-3-11(6-13)7-14(18)5-10/h1-2,8,10-11,13-14,18H,3-7,9H2. The van der Waals surface area contributed by atoms with Gasteiger partial charge in [-0.05, 0) is 79.5 Å². The van der Waals surface area contributed by atoms with Crippen LogP contribution in [0.3, 0.4) is 0 Å². The van der Waals surface area contributed by atoms with Gasteiger partial charge in [0.15, 0.2) is 0 Å². The van der Waals surface area contributed by atoms with Crippen LogP contribution in [-0.4, -0.2) is 5.78 Å². The van der Waals surface area contributed by atoms with E-state index in [9.17, 15) is 9.18 Å². The highest BCUT2D eigenvalue weighted by molar-refractivity contribution is 6.31. The first-order valence-corrected chi connectivity index (χ1v) is 8.44. The molecule has 0 aliphatic heterocycles. The normalized spacial score (nSPS) is 37.0. The molecule has 0 radical (unpaired) electrons. The minimum atomic E-state index is -0.313. The van der Waals surface area contributed by atoms with Crippen molar-refractivity contribution in [3.63, 3.8) is 0 Å². The van der Waals surface area contributed by atoms with Crippen molar-refractivity contribution in [3.05, 3.63) is 34.6 Å². The van der Waals surface area contributed by atoms with E-state index in [1.54, 1.807) is 6.07 Å². The van der Waals surface area contributed by atoms with Gasteiger partial charge in [-0.2, -0.15) is 0 Å². The highest BCUT2D eigenvalue weighted by Crippen LogP contribution is 2.56. The maximum absolute atomic E-state index is 13.4. The van der Waals surface area contributed by atoms with E-state index < -0.39 is 0 Å². The number of rotatable bonds is 3. The summed E-state index contributed by atoms with van der Waals surface area (Å²) in [5, 5.41) is 0.508. The third-order valence-corrected chi connectivity index (χ3v) is 6.34. The minimum Gasteiger partial charge on any atom is -0.299 e. The average molecular weight is 307 g/mol. The van der Waals surface area contributed by atoms with Crippen LogP contribution < -0.4 is 0 Å². The smallest absolute Gasteiger partial charge is 0.140 e. The molecule has 0 saturated heterocycles. The van der Waals surface area contributed by atoms with E-state index in [0.29, 0.717) is 28.8 Å². The molecule has 0 heterocycles. The molecule has 1 aromatic carbocycles. The molecule has 0 atom stereocenters. The van der Waals surface area contributed by atoms with Gasteiger partial charge in [-0.25, -0.2) is 4.39 Å². The molecule has 0 amide bonds. The van der Waals surface area contributed by atoms with Crippen LogP contribution in [0.4, 0.5) is 4.39 Å². The van der Waals surface area contributed by atoms with E-state index >= 15 is 0 Å². The number of hydrogen-bond donors (Lipinski definition) is 0. The number of carbonyl (C=O) groups excluding carboxylic acids is 1. The molecule has 0 spiro atoms. The Labute approximate surface area is 129 Å². The van der Waals surface area contributed by atoms with E-state index in [-0.39, 0.29) is 17.5 Å². The Balaban J connectivity index is 1.54. The molecule has 4 saturated carbocycles. The van der Waals surface area contributed by atoms with Gasteiger partial charge in [0.2, 0.25) is 0 Å². The van der Waals surface area contributed by atoms with E-state index in [1.807, 2.05) is 0 Å². The van der Waals surface area contributed by atoms with Crippen molar-refractivity contribution in [2.45, 2.75) is 38.5 Å². The molecule has 0 unspecified atom stereocenters. The van der Waals surface area contributed by atoms with Gasteiger partial charge in [-0.15, -0.1) is 0 Å². The van der Waals surface area contributed by atoms with Gasteiger partial charge in [0.25, 0.3) is 0 Å². The second-order valence-corrected chi connectivity index (χ2v) is 7.74. The van der Waals surface area contributed by atoms with Crippen molar-refractivity contribution < 1.29 is 9.18 Å². The van der Waals surface area contributed by atoms with Gasteiger partial charge < -0.3 is 0 Å². The van der Waals surface area contributed by atoms with Crippen molar-refractivity contribution in [2.24, 2.45) is 29.6 Å². The van der Waals surface area contributed by atoms with Crippen LogP contribution in [0.2, 0.25) is 5.02 Å². The third kappa shape index (κ3) is 2.42. The molecule has 0 N–H and O–H groups in total. The predicted molar refractivity (Wildman–Crippen MR) is 80.7 cm³/mol. The van der Waals surface area contributed by atoms with E-state index in [4.69, 9.17) is 11.6 Å². The first kappa shape index (κ1) is 13.8. The third-order valence-electron chi connectivity index (χ3n) is 5.97. The van der Waals surface area contributed by atoms with Crippen molar-refractivity contribution in [1.29, 1.82) is 0 Å². The summed E-state index contributed by atoms with van der Waals surface area (Å²) in [6, 6.07) is 4.31. The van der Waals surface area contributed by atoms with Gasteiger partial charge in [-0.1, -0.05) is 11.6 Å². The lowest BCUT2D eigenvalue weighted by atomic mass is 9.51. The molecular weight excluding hydrogens is 287 g/mol. The molecular formula is C18H20ClFO. The molecule has 5 rings (SSSR count). The van der Waals surface area contributed by atoms with Gasteiger partial charge in [0, 0.05) is 17.4 Å². The molecule has 3 heteroatoms. The topological polar surface area (TPSA) is 17.1 Å². The predicted octanol–water partition coefficient (Wildman–Crippen LogP) is 4.66. The fourth-order valence-corrected chi connectivity index (χ4v) is 5.62. The summed E-state index contributed by atoms with van der Waals surface area (Å²) in [5.74, 6) is 3.09. The molecule has 4 aliphatic carbocycles. The summed E-state index contributed by atoms with van der Waals surface area (Å²) in [5.41, 5.74) is 0.649. The molecule has 1 nitrogen and oxygen atoms in total. The molecule has 4 bridgehead atoms. The van der Waals surface area contributed by atoms with Gasteiger partial charge in [0.1, 0.15) is 11.6 Å². The number of ketones is 1. The largest absolute Gasteiger partial charge is 0.299 e. The van der Waals surface area contributed by atoms with Crippen LogP contribution in [0.1, 0.15) is 37.7 Å². The monoisotopic (exact) mass is 306 g/mol. The fraction of sp³-hybridized carbons (Fsp3) is 0.611. The van der Waals surface area contributed by atoms with Gasteiger partial charge in [-0.3, -0.25) is 4.79 Å². The fourth-order valence-electron chi connectivity index (χ4n) is 5.44. The highest BCUT2D eigenvalue weighted by Gasteiger charge is 2.50. The SMILES string of the molecule is O=C(Cc1cc(F)ccc1Cl)C1C2CC3CC(C2)CC1C3. The van der Waals surface area contributed by atoms with E-state index in [2.05, 4.69) is 0 Å². The summed E-state index contributed by atoms with van der Waals surface area (Å²) in [7, 11) is 0. The molecule has 0 aromatic heterocycles. The number of halogens is 2. The Kier molecular flexibility index (Phi) is 3.33. The highest BCUT2D eigenvalue weighted by atomic mass is 35.5. The van der Waals surface area contributed by atoms with Crippen molar-refractivity contribution in [2.75, 3.05) is 0 Å². The summed E-state index contributed by atoms with van der Waals surface area (Å²) in [6.45, 7) is 0. The van der Waals surface area contributed by atoms with Crippen LogP contribution >= 0.6 is 11.6 Å². The first-order valence-electron chi connectivity index (χ1n) is 8.07. The zero-order valence-corrected chi connectivity index (χ0v) is 12.8. The van der Waals surface area contributed by atoms with Crippen LogP contribution in [0.25, 0.3) is 0 Å². The number of benzene rings is 1. The number of hydrogen-bond acceptors (Lipinski definition) is 1. The summed E-state index contributed by atoms with van der Waals surface area (Å²) in [6.07, 6.45) is 6.63. The maximum Gasteiger partial charge on any atom is 0.140 e. The molecule has 21 heavy (non-hydrogen) atoms. The maximum atomic E-state index is 13.4. The van der Waals surface area contributed by atoms with Crippen molar-refractivity contribution in [3.8, 4) is 0 Å². The Morgan fingerprint density at radius 2 is 1.71 bits per heavy atom. The molecule has 1 aromatic rings. The zero-order valence-electron chi connectivity index (χ0n) is 12.0. The van der Waals surface area contributed by atoms with Crippen LogP contribution in [0.5, 0.6) is 0 Å². The lowest BCUT2D eigenvalue weighted by Crippen LogP contribution is -2.48. The lowest BCUT2D eigenvalue weighted by Gasteiger charge is -2.53. The Morgan fingerprint density at radius 3 is 2.33 bits per heavy atom.